The van der Waals surface area contributed by atoms with E-state index in [9.17, 15) is 0 Å². The number of rotatable bonds is 4. The van der Waals surface area contributed by atoms with E-state index in [0.717, 1.165) is 11.1 Å². The molecular weight excluding hydrogens is 494 g/mol. The maximum atomic E-state index is 4.93. The summed E-state index contributed by atoms with van der Waals surface area (Å²) >= 11 is 1.82. The first-order valence-electron chi connectivity index (χ1n) is 13.2. The molecule has 6 aromatic rings. The van der Waals surface area contributed by atoms with Crippen LogP contribution in [-0.2, 0) is 5.41 Å². The zero-order valence-electron chi connectivity index (χ0n) is 22.1. The monoisotopic (exact) mass is 521 g/mol. The van der Waals surface area contributed by atoms with Gasteiger partial charge in [0.25, 0.3) is 0 Å². The zero-order valence-corrected chi connectivity index (χ0v) is 23.0. The predicted molar refractivity (Wildman–Crippen MR) is 160 cm³/mol. The highest BCUT2D eigenvalue weighted by atomic mass is 32.1. The third-order valence-electron chi connectivity index (χ3n) is 7.74. The molecular formula is C35H27N3S. The molecule has 2 aromatic heterocycles. The van der Waals surface area contributed by atoms with E-state index in [-0.39, 0.29) is 0 Å². The molecule has 39 heavy (non-hydrogen) atoms. The van der Waals surface area contributed by atoms with Gasteiger partial charge in [0.2, 0.25) is 0 Å². The van der Waals surface area contributed by atoms with Gasteiger partial charge in [-0.05, 0) is 66.1 Å². The van der Waals surface area contributed by atoms with Crippen LogP contribution in [0.1, 0.15) is 39.2 Å². The van der Waals surface area contributed by atoms with E-state index in [1.807, 2.05) is 48.6 Å². The van der Waals surface area contributed by atoms with Crippen molar-refractivity contribution in [1.29, 1.82) is 0 Å². The Hall–Kier alpha value is -4.41. The first kappa shape index (κ1) is 23.7. The molecule has 0 saturated carbocycles. The van der Waals surface area contributed by atoms with E-state index in [0.29, 0.717) is 17.5 Å². The van der Waals surface area contributed by atoms with Crippen LogP contribution in [0, 0.1) is 20.8 Å². The Kier molecular flexibility index (Phi) is 5.53. The second-order valence-corrected chi connectivity index (χ2v) is 11.2. The predicted octanol–water partition coefficient (Wildman–Crippen LogP) is 8.56. The summed E-state index contributed by atoms with van der Waals surface area (Å²) in [5.41, 5.74) is 10.5. The number of aryl methyl sites for hydroxylation is 3. The molecule has 0 atom stereocenters. The molecule has 0 unspecified atom stereocenters. The van der Waals surface area contributed by atoms with Crippen LogP contribution in [0.25, 0.3) is 33.2 Å². The van der Waals surface area contributed by atoms with E-state index in [1.165, 1.54) is 43.8 Å². The summed E-state index contributed by atoms with van der Waals surface area (Å²) in [6.45, 7) is 6.23. The van der Waals surface area contributed by atoms with Crippen LogP contribution in [0.15, 0.2) is 109 Å². The van der Waals surface area contributed by atoms with Crippen molar-refractivity contribution in [3.8, 4) is 33.2 Å². The highest BCUT2D eigenvalue weighted by molar-refractivity contribution is 7.14. The molecule has 0 spiro atoms. The fourth-order valence-corrected chi connectivity index (χ4v) is 6.87. The number of aromatic nitrogens is 3. The van der Waals surface area contributed by atoms with Crippen molar-refractivity contribution in [2.24, 2.45) is 0 Å². The smallest absolute Gasteiger partial charge is 0.163 e. The number of fused-ring (bicyclic) bond motifs is 3. The van der Waals surface area contributed by atoms with Crippen molar-refractivity contribution in [3.05, 3.63) is 148 Å². The van der Waals surface area contributed by atoms with Crippen LogP contribution in [0.5, 0.6) is 0 Å². The highest BCUT2D eigenvalue weighted by Crippen LogP contribution is 2.58. The van der Waals surface area contributed by atoms with Gasteiger partial charge >= 0.3 is 0 Å². The highest BCUT2D eigenvalue weighted by Gasteiger charge is 2.47. The van der Waals surface area contributed by atoms with E-state index in [1.54, 1.807) is 0 Å². The molecule has 3 nitrogen and oxygen atoms in total. The van der Waals surface area contributed by atoms with E-state index >= 15 is 0 Å². The molecule has 0 radical (unpaired) electrons. The largest absolute Gasteiger partial charge is 0.213 e. The number of nitrogens with zero attached hydrogens (tertiary/aromatic N) is 3. The van der Waals surface area contributed by atoms with Crippen molar-refractivity contribution in [2.75, 3.05) is 0 Å². The molecule has 0 amide bonds. The van der Waals surface area contributed by atoms with Gasteiger partial charge in [-0.25, -0.2) is 15.0 Å². The summed E-state index contributed by atoms with van der Waals surface area (Å²) in [6, 6.07) is 37.2. The number of benzene rings is 4. The molecule has 1 aliphatic rings. The van der Waals surface area contributed by atoms with Gasteiger partial charge in [0.1, 0.15) is 5.82 Å². The molecule has 1 aliphatic carbocycles. The first-order chi connectivity index (χ1) is 19.0. The SMILES string of the molecule is Cc1ccc(C2(c3ccc(C)cc3)c3cc(-c4nc(C)nc(-c5ccccc5)n4)ccc3-c3sccc32)cc1. The lowest BCUT2D eigenvalue weighted by molar-refractivity contribution is 0.769. The van der Waals surface area contributed by atoms with Crippen molar-refractivity contribution >= 4 is 11.3 Å². The molecule has 7 rings (SSSR count). The van der Waals surface area contributed by atoms with Gasteiger partial charge in [0.15, 0.2) is 11.6 Å². The Morgan fingerprint density at radius 1 is 0.564 bits per heavy atom. The van der Waals surface area contributed by atoms with E-state index in [4.69, 9.17) is 9.97 Å². The lowest BCUT2D eigenvalue weighted by Crippen LogP contribution is -2.28. The number of hydrogen-bond acceptors (Lipinski definition) is 4. The Bertz CT molecular complexity index is 1770. The number of thiophene rings is 1. The third kappa shape index (κ3) is 3.75. The standard InChI is InChI=1S/C35H27N3S/c1-22-9-14-27(15-10-22)35(28-16-11-23(2)12-17-28)30-19-20-39-32(30)29-18-13-26(21-31(29)35)34-37-24(3)36-33(38-34)25-7-5-4-6-8-25/h4-21H,1-3H3. The average Bonchev–Trinajstić information content (AvgIpc) is 3.55. The Labute approximate surface area is 232 Å². The summed E-state index contributed by atoms with van der Waals surface area (Å²) in [5, 5.41) is 2.22. The van der Waals surface area contributed by atoms with Crippen LogP contribution >= 0.6 is 11.3 Å². The Balaban J connectivity index is 1.50. The van der Waals surface area contributed by atoms with Gasteiger partial charge < -0.3 is 0 Å². The summed E-state index contributed by atoms with van der Waals surface area (Å²) < 4.78 is 0. The minimum absolute atomic E-state index is 0.424. The third-order valence-corrected chi connectivity index (χ3v) is 8.69. The average molecular weight is 522 g/mol. The van der Waals surface area contributed by atoms with Gasteiger partial charge in [-0.15, -0.1) is 11.3 Å². The lowest BCUT2D eigenvalue weighted by Gasteiger charge is -2.33. The summed E-state index contributed by atoms with van der Waals surface area (Å²) in [5.74, 6) is 2.10. The molecule has 4 heteroatoms. The second-order valence-electron chi connectivity index (χ2n) is 10.3. The molecule has 4 aromatic carbocycles. The van der Waals surface area contributed by atoms with Crippen LogP contribution in [0.4, 0.5) is 0 Å². The van der Waals surface area contributed by atoms with E-state index < -0.39 is 5.41 Å². The lowest BCUT2D eigenvalue weighted by atomic mass is 9.67. The molecule has 0 aliphatic heterocycles. The van der Waals surface area contributed by atoms with Gasteiger partial charge in [-0.1, -0.05) is 102 Å². The van der Waals surface area contributed by atoms with Gasteiger partial charge in [0, 0.05) is 16.0 Å². The van der Waals surface area contributed by atoms with Crippen molar-refractivity contribution < 1.29 is 0 Å². The normalized spacial score (nSPS) is 13.2. The van der Waals surface area contributed by atoms with Crippen molar-refractivity contribution in [2.45, 2.75) is 26.2 Å². The van der Waals surface area contributed by atoms with Crippen LogP contribution in [-0.4, -0.2) is 15.0 Å². The van der Waals surface area contributed by atoms with Gasteiger partial charge in [0.05, 0.1) is 5.41 Å². The summed E-state index contributed by atoms with van der Waals surface area (Å²) in [7, 11) is 0. The molecule has 0 fully saturated rings. The molecule has 0 N–H and O–H groups in total. The fourth-order valence-electron chi connectivity index (χ4n) is 5.87. The maximum absolute atomic E-state index is 4.93. The molecule has 2 heterocycles. The summed E-state index contributed by atoms with van der Waals surface area (Å²) in [4.78, 5) is 15.7. The second kappa shape index (κ2) is 9.11. The summed E-state index contributed by atoms with van der Waals surface area (Å²) in [6.07, 6.45) is 0. The maximum Gasteiger partial charge on any atom is 0.163 e. The van der Waals surface area contributed by atoms with Gasteiger partial charge in [-0.2, -0.15) is 0 Å². The molecule has 0 bridgehead atoms. The van der Waals surface area contributed by atoms with E-state index in [2.05, 4.69) is 97.0 Å². The molecule has 0 saturated heterocycles. The van der Waals surface area contributed by atoms with Crippen LogP contribution in [0.2, 0.25) is 0 Å². The number of hydrogen-bond donors (Lipinski definition) is 0. The van der Waals surface area contributed by atoms with Crippen LogP contribution in [0.3, 0.4) is 0 Å². The van der Waals surface area contributed by atoms with Gasteiger partial charge in [-0.3, -0.25) is 0 Å². The Morgan fingerprint density at radius 2 is 1.18 bits per heavy atom. The van der Waals surface area contributed by atoms with Crippen LogP contribution < -0.4 is 0 Å². The van der Waals surface area contributed by atoms with Crippen molar-refractivity contribution in [3.63, 3.8) is 0 Å². The zero-order chi connectivity index (χ0) is 26.6. The van der Waals surface area contributed by atoms with Crippen molar-refractivity contribution in [1.82, 2.24) is 15.0 Å². The Morgan fingerprint density at radius 3 is 1.82 bits per heavy atom. The molecule has 188 valence electrons. The fraction of sp³-hybridized carbons (Fsp3) is 0.114. The minimum atomic E-state index is -0.424. The minimum Gasteiger partial charge on any atom is -0.213 e. The first-order valence-corrected chi connectivity index (χ1v) is 14.1. The quantitative estimate of drug-likeness (QED) is 0.233. The topological polar surface area (TPSA) is 38.7 Å².